The van der Waals surface area contributed by atoms with E-state index in [1.165, 1.54) is 0 Å². The molecule has 100 valence electrons. The molecule has 0 aliphatic heterocycles. The number of nitrogens with two attached hydrogens (primary N) is 2. The number of anilines is 2. The van der Waals surface area contributed by atoms with E-state index in [2.05, 4.69) is 10.3 Å². The van der Waals surface area contributed by atoms with Crippen molar-refractivity contribution < 1.29 is 4.79 Å². The highest BCUT2D eigenvalue weighted by Gasteiger charge is 2.22. The van der Waals surface area contributed by atoms with Crippen molar-refractivity contribution in [2.45, 2.75) is 25.8 Å². The number of fused-ring (bicyclic) bond motifs is 1. The number of benzene rings is 1. The van der Waals surface area contributed by atoms with E-state index in [4.69, 9.17) is 11.5 Å². The van der Waals surface area contributed by atoms with Crippen LogP contribution in [0.15, 0.2) is 30.5 Å². The predicted octanol–water partition coefficient (Wildman–Crippen LogP) is 1.88. The lowest BCUT2D eigenvalue weighted by Crippen LogP contribution is -2.36. The Bertz CT molecular complexity index is 622. The number of carbonyl (C=O) groups excluding carboxylic acids is 1. The smallest absolute Gasteiger partial charge is 0.219 e. The lowest BCUT2D eigenvalue weighted by atomic mass is 9.99. The van der Waals surface area contributed by atoms with Crippen LogP contribution in [0.5, 0.6) is 0 Å². The molecule has 5 heteroatoms. The first-order valence-electron chi connectivity index (χ1n) is 6.09. The van der Waals surface area contributed by atoms with Gasteiger partial charge in [-0.05, 0) is 19.9 Å². The molecule has 1 heterocycles. The fourth-order valence-electron chi connectivity index (χ4n) is 2.11. The number of nitrogens with one attached hydrogen (secondary N) is 1. The highest BCUT2D eigenvalue weighted by molar-refractivity contribution is 5.97. The first-order chi connectivity index (χ1) is 8.89. The highest BCUT2D eigenvalue weighted by Crippen LogP contribution is 2.30. The Labute approximate surface area is 112 Å². The van der Waals surface area contributed by atoms with Gasteiger partial charge in [-0.25, -0.2) is 0 Å². The highest BCUT2D eigenvalue weighted by atomic mass is 16.1. The number of nitrogens with zero attached hydrogens (tertiary/aromatic N) is 1. The maximum atomic E-state index is 11.1. The van der Waals surface area contributed by atoms with Gasteiger partial charge in [-0.1, -0.05) is 18.2 Å². The lowest BCUT2D eigenvalue weighted by molar-refractivity contribution is -0.118. The second-order valence-corrected chi connectivity index (χ2v) is 5.26. The summed E-state index contributed by atoms with van der Waals surface area (Å²) in [7, 11) is 0. The average molecular weight is 258 g/mol. The number of primary amides is 1. The van der Waals surface area contributed by atoms with Gasteiger partial charge in [-0.15, -0.1) is 0 Å². The van der Waals surface area contributed by atoms with Gasteiger partial charge in [0.2, 0.25) is 5.91 Å². The van der Waals surface area contributed by atoms with Crippen molar-refractivity contribution in [3.63, 3.8) is 0 Å². The fraction of sp³-hybridized carbons (Fsp3) is 0.286. The summed E-state index contributed by atoms with van der Waals surface area (Å²) in [6, 6.07) is 7.71. The molecule has 1 amide bonds. The average Bonchev–Trinajstić information content (AvgIpc) is 2.31. The second kappa shape index (κ2) is 4.76. The van der Waals surface area contributed by atoms with Crippen LogP contribution in [0.3, 0.4) is 0 Å². The Morgan fingerprint density at radius 2 is 2.05 bits per heavy atom. The molecule has 0 spiro atoms. The molecule has 1 aromatic carbocycles. The van der Waals surface area contributed by atoms with Gasteiger partial charge < -0.3 is 16.8 Å². The van der Waals surface area contributed by atoms with Gasteiger partial charge in [-0.3, -0.25) is 9.78 Å². The summed E-state index contributed by atoms with van der Waals surface area (Å²) in [5.74, 6) is -0.352. The molecule has 0 unspecified atom stereocenters. The zero-order valence-corrected chi connectivity index (χ0v) is 11.1. The van der Waals surface area contributed by atoms with Gasteiger partial charge >= 0.3 is 0 Å². The molecule has 0 aliphatic carbocycles. The van der Waals surface area contributed by atoms with Crippen molar-refractivity contribution >= 4 is 28.2 Å². The van der Waals surface area contributed by atoms with E-state index in [1.807, 2.05) is 38.1 Å². The number of pyridine rings is 1. The zero-order valence-electron chi connectivity index (χ0n) is 11.1. The van der Waals surface area contributed by atoms with Gasteiger partial charge in [0.15, 0.2) is 0 Å². The third-order valence-corrected chi connectivity index (χ3v) is 2.88. The molecule has 0 saturated carbocycles. The van der Waals surface area contributed by atoms with E-state index in [9.17, 15) is 4.79 Å². The Morgan fingerprint density at radius 3 is 2.74 bits per heavy atom. The molecular formula is C14H18N4O. The van der Waals surface area contributed by atoms with Gasteiger partial charge in [-0.2, -0.15) is 0 Å². The maximum Gasteiger partial charge on any atom is 0.219 e. The normalized spacial score (nSPS) is 11.5. The summed E-state index contributed by atoms with van der Waals surface area (Å²) in [6.07, 6.45) is 1.84. The van der Waals surface area contributed by atoms with Crippen molar-refractivity contribution in [3.8, 4) is 0 Å². The monoisotopic (exact) mass is 258 g/mol. The van der Waals surface area contributed by atoms with Crippen LogP contribution in [0.25, 0.3) is 10.9 Å². The number of amides is 1. The number of nitrogen functional groups attached to an aromatic ring is 1. The standard InChI is InChI=1S/C14H18N4O/c1-14(2,7-12(16)19)18-13-9-5-3-4-6-11(9)17-8-10(13)15/h3-6,8H,7,15H2,1-2H3,(H2,16,19)(H,17,18). The summed E-state index contributed by atoms with van der Waals surface area (Å²) in [5, 5.41) is 4.23. The van der Waals surface area contributed by atoms with Crippen LogP contribution in [0.2, 0.25) is 0 Å². The summed E-state index contributed by atoms with van der Waals surface area (Å²) in [6.45, 7) is 3.82. The van der Waals surface area contributed by atoms with E-state index in [0.717, 1.165) is 16.6 Å². The molecule has 0 atom stereocenters. The SMILES string of the molecule is CC(C)(CC(N)=O)Nc1c(N)cnc2ccccc12. The molecule has 0 aliphatic rings. The first kappa shape index (κ1) is 13.1. The topological polar surface area (TPSA) is 94.0 Å². The number of aromatic nitrogens is 1. The Kier molecular flexibility index (Phi) is 3.29. The number of para-hydroxylation sites is 1. The van der Waals surface area contributed by atoms with Gasteiger partial charge in [0, 0.05) is 17.3 Å². The van der Waals surface area contributed by atoms with E-state index in [0.29, 0.717) is 5.69 Å². The minimum atomic E-state index is -0.468. The van der Waals surface area contributed by atoms with Crippen molar-refractivity contribution in [2.24, 2.45) is 5.73 Å². The largest absolute Gasteiger partial charge is 0.396 e. The minimum absolute atomic E-state index is 0.225. The van der Waals surface area contributed by atoms with E-state index >= 15 is 0 Å². The molecule has 0 saturated heterocycles. The van der Waals surface area contributed by atoms with Crippen LogP contribution < -0.4 is 16.8 Å². The summed E-state index contributed by atoms with van der Waals surface area (Å²) >= 11 is 0. The quantitative estimate of drug-likeness (QED) is 0.780. The number of hydrogen-bond donors (Lipinski definition) is 3. The van der Waals surface area contributed by atoms with E-state index < -0.39 is 5.54 Å². The van der Waals surface area contributed by atoms with E-state index in [-0.39, 0.29) is 12.3 Å². The minimum Gasteiger partial charge on any atom is -0.396 e. The third kappa shape index (κ3) is 2.93. The van der Waals surface area contributed by atoms with Crippen LogP contribution in [0.4, 0.5) is 11.4 Å². The number of carbonyl (C=O) groups is 1. The zero-order chi connectivity index (χ0) is 14.0. The van der Waals surface area contributed by atoms with Gasteiger partial charge in [0.25, 0.3) is 0 Å². The van der Waals surface area contributed by atoms with Crippen molar-refractivity contribution in [1.82, 2.24) is 4.98 Å². The number of hydrogen-bond acceptors (Lipinski definition) is 4. The molecule has 19 heavy (non-hydrogen) atoms. The van der Waals surface area contributed by atoms with Crippen molar-refractivity contribution in [3.05, 3.63) is 30.5 Å². The summed E-state index contributed by atoms with van der Waals surface area (Å²) < 4.78 is 0. The predicted molar refractivity (Wildman–Crippen MR) is 77.7 cm³/mol. The molecule has 5 nitrogen and oxygen atoms in total. The summed E-state index contributed by atoms with van der Waals surface area (Å²) in [5.41, 5.74) is 13.0. The first-order valence-corrected chi connectivity index (χ1v) is 6.09. The van der Waals surface area contributed by atoms with Gasteiger partial charge in [0.05, 0.1) is 23.1 Å². The number of rotatable bonds is 4. The molecular weight excluding hydrogens is 240 g/mol. The maximum absolute atomic E-state index is 11.1. The molecule has 2 aromatic rings. The van der Waals surface area contributed by atoms with Crippen molar-refractivity contribution in [2.75, 3.05) is 11.1 Å². The van der Waals surface area contributed by atoms with Crippen molar-refractivity contribution in [1.29, 1.82) is 0 Å². The molecule has 2 rings (SSSR count). The molecule has 0 bridgehead atoms. The van der Waals surface area contributed by atoms with E-state index in [1.54, 1.807) is 6.20 Å². The molecule has 1 aromatic heterocycles. The summed E-state index contributed by atoms with van der Waals surface area (Å²) in [4.78, 5) is 15.4. The Morgan fingerprint density at radius 1 is 1.37 bits per heavy atom. The van der Waals surface area contributed by atoms with Crippen LogP contribution in [-0.4, -0.2) is 16.4 Å². The third-order valence-electron chi connectivity index (χ3n) is 2.88. The van der Waals surface area contributed by atoms with Gasteiger partial charge in [0.1, 0.15) is 0 Å². The molecule has 0 fully saturated rings. The second-order valence-electron chi connectivity index (χ2n) is 5.26. The van der Waals surface area contributed by atoms with Crippen LogP contribution >= 0.6 is 0 Å². The molecule has 5 N–H and O–H groups in total. The molecule has 0 radical (unpaired) electrons. The Balaban J connectivity index is 2.44. The Hall–Kier alpha value is -2.30. The van der Waals surface area contributed by atoms with Crippen LogP contribution in [0.1, 0.15) is 20.3 Å². The van der Waals surface area contributed by atoms with Crippen LogP contribution in [0, 0.1) is 0 Å². The van der Waals surface area contributed by atoms with Crippen LogP contribution in [-0.2, 0) is 4.79 Å². The lowest BCUT2D eigenvalue weighted by Gasteiger charge is -2.27. The fourth-order valence-corrected chi connectivity index (χ4v) is 2.11.